The number of benzene rings is 2. The van der Waals surface area contributed by atoms with Gasteiger partial charge in [-0.1, -0.05) is 76.7 Å². The van der Waals surface area contributed by atoms with Crippen LogP contribution in [0.4, 0.5) is 13.2 Å². The first-order valence-corrected chi connectivity index (χ1v) is 8.92. The molecule has 0 unspecified atom stereocenters. The molecule has 140 valence electrons. The van der Waals surface area contributed by atoms with Gasteiger partial charge in [-0.25, -0.2) is 4.68 Å². The van der Waals surface area contributed by atoms with Gasteiger partial charge >= 0.3 is 6.18 Å². The highest BCUT2D eigenvalue weighted by molar-refractivity contribution is 6.65. The SMILES string of the molecule is FC(F)(F)c1cc(Cl)c(-n2cc(C(Cl)=C(Cl)c3ccccc3)cn2)c(Cl)c1. The van der Waals surface area contributed by atoms with E-state index in [9.17, 15) is 13.2 Å². The minimum Gasteiger partial charge on any atom is -0.237 e. The van der Waals surface area contributed by atoms with Crippen LogP contribution >= 0.6 is 46.4 Å². The topological polar surface area (TPSA) is 17.8 Å². The minimum absolute atomic E-state index is 0.109. The fraction of sp³-hybridized carbons (Fsp3) is 0.0556. The first-order valence-electron chi connectivity index (χ1n) is 7.41. The average Bonchev–Trinajstić information content (AvgIpc) is 3.09. The van der Waals surface area contributed by atoms with Gasteiger partial charge < -0.3 is 0 Å². The van der Waals surface area contributed by atoms with E-state index in [-0.39, 0.29) is 20.8 Å². The van der Waals surface area contributed by atoms with E-state index in [1.165, 1.54) is 17.1 Å². The molecular formula is C18H9Cl4F3N2. The number of alkyl halides is 3. The molecule has 0 aliphatic carbocycles. The number of hydrogen-bond donors (Lipinski definition) is 0. The van der Waals surface area contributed by atoms with Crippen molar-refractivity contribution in [3.63, 3.8) is 0 Å². The molecule has 3 rings (SSSR count). The van der Waals surface area contributed by atoms with Gasteiger partial charge in [0.25, 0.3) is 0 Å². The van der Waals surface area contributed by atoms with Crippen molar-refractivity contribution in [1.82, 2.24) is 9.78 Å². The second kappa shape index (κ2) is 7.76. The predicted molar refractivity (Wildman–Crippen MR) is 104 cm³/mol. The van der Waals surface area contributed by atoms with Crippen LogP contribution < -0.4 is 0 Å². The van der Waals surface area contributed by atoms with Crippen LogP contribution in [0.5, 0.6) is 0 Å². The van der Waals surface area contributed by atoms with Crippen LogP contribution in [0.1, 0.15) is 16.7 Å². The lowest BCUT2D eigenvalue weighted by atomic mass is 10.2. The van der Waals surface area contributed by atoms with E-state index < -0.39 is 11.7 Å². The quantitative estimate of drug-likeness (QED) is 0.403. The van der Waals surface area contributed by atoms with Crippen LogP contribution in [0.3, 0.4) is 0 Å². The summed E-state index contributed by atoms with van der Waals surface area (Å²) in [7, 11) is 0. The molecule has 0 saturated heterocycles. The Balaban J connectivity index is 2.02. The second-order valence-electron chi connectivity index (χ2n) is 5.45. The summed E-state index contributed by atoms with van der Waals surface area (Å²) in [4.78, 5) is 0. The summed E-state index contributed by atoms with van der Waals surface area (Å²) in [6.07, 6.45) is -1.66. The Bertz CT molecular complexity index is 988. The summed E-state index contributed by atoms with van der Waals surface area (Å²) in [6, 6.07) is 10.6. The Morgan fingerprint density at radius 3 is 2.00 bits per heavy atom. The van der Waals surface area contributed by atoms with Gasteiger partial charge in [0.2, 0.25) is 0 Å². The monoisotopic (exact) mass is 450 g/mol. The maximum absolute atomic E-state index is 12.9. The van der Waals surface area contributed by atoms with Crippen LogP contribution in [0, 0.1) is 0 Å². The van der Waals surface area contributed by atoms with Crippen LogP contribution in [0.15, 0.2) is 54.9 Å². The van der Waals surface area contributed by atoms with Gasteiger partial charge in [0.1, 0.15) is 5.69 Å². The molecule has 9 heteroatoms. The van der Waals surface area contributed by atoms with Gasteiger partial charge in [-0.3, -0.25) is 0 Å². The molecule has 0 fully saturated rings. The van der Waals surface area contributed by atoms with Gasteiger partial charge in [-0.05, 0) is 17.7 Å². The number of hydrogen-bond acceptors (Lipinski definition) is 1. The molecule has 0 radical (unpaired) electrons. The summed E-state index contributed by atoms with van der Waals surface area (Å²) in [6.45, 7) is 0. The lowest BCUT2D eigenvalue weighted by molar-refractivity contribution is -0.137. The molecule has 0 bridgehead atoms. The van der Waals surface area contributed by atoms with Crippen LogP contribution in [0.25, 0.3) is 15.8 Å². The van der Waals surface area contributed by atoms with Crippen molar-refractivity contribution in [2.24, 2.45) is 0 Å². The van der Waals surface area contributed by atoms with Crippen molar-refractivity contribution in [2.45, 2.75) is 6.18 Å². The number of rotatable bonds is 3. The van der Waals surface area contributed by atoms with E-state index in [1.54, 1.807) is 12.1 Å². The Hall–Kier alpha value is -1.66. The largest absolute Gasteiger partial charge is 0.416 e. The number of halogens is 7. The normalized spacial score (nSPS) is 12.9. The third kappa shape index (κ3) is 4.27. The zero-order valence-corrected chi connectivity index (χ0v) is 16.3. The highest BCUT2D eigenvalue weighted by Gasteiger charge is 2.32. The average molecular weight is 452 g/mol. The molecule has 2 nitrogen and oxygen atoms in total. The molecule has 3 aromatic rings. The smallest absolute Gasteiger partial charge is 0.237 e. The lowest BCUT2D eigenvalue weighted by Crippen LogP contribution is -2.06. The van der Waals surface area contributed by atoms with Gasteiger partial charge in [0.05, 0.1) is 31.9 Å². The molecule has 0 saturated carbocycles. The van der Waals surface area contributed by atoms with E-state index in [4.69, 9.17) is 46.4 Å². The third-order valence-corrected chi connectivity index (χ3v) is 5.12. The summed E-state index contributed by atoms with van der Waals surface area (Å²) in [5.74, 6) is 0. The van der Waals surface area contributed by atoms with Crippen molar-refractivity contribution in [1.29, 1.82) is 0 Å². The van der Waals surface area contributed by atoms with Crippen molar-refractivity contribution in [3.05, 3.63) is 81.6 Å². The van der Waals surface area contributed by atoms with Gasteiger partial charge in [0.15, 0.2) is 0 Å². The van der Waals surface area contributed by atoms with Crippen molar-refractivity contribution < 1.29 is 13.2 Å². The maximum atomic E-state index is 12.9. The Morgan fingerprint density at radius 2 is 1.44 bits per heavy atom. The third-order valence-electron chi connectivity index (χ3n) is 3.63. The molecule has 0 aliphatic rings. The van der Waals surface area contributed by atoms with Gasteiger partial charge in [-0.15, -0.1) is 0 Å². The predicted octanol–water partition coefficient (Wildman–Crippen LogP) is 7.50. The zero-order chi connectivity index (χ0) is 19.8. The molecule has 0 N–H and O–H groups in total. The highest BCUT2D eigenvalue weighted by atomic mass is 35.5. The van der Waals surface area contributed by atoms with Crippen molar-refractivity contribution in [3.8, 4) is 5.69 Å². The molecule has 0 amide bonds. The van der Waals surface area contributed by atoms with Gasteiger partial charge in [-0.2, -0.15) is 18.3 Å². The van der Waals surface area contributed by atoms with Crippen LogP contribution in [-0.4, -0.2) is 9.78 Å². The van der Waals surface area contributed by atoms with E-state index in [0.29, 0.717) is 16.2 Å². The molecule has 0 aliphatic heterocycles. The number of aromatic nitrogens is 2. The fourth-order valence-corrected chi connectivity index (χ4v) is 3.45. The van der Waals surface area contributed by atoms with Crippen LogP contribution in [-0.2, 0) is 6.18 Å². The Labute approximate surface area is 172 Å². The standard InChI is InChI=1S/C18H9Cl4F3N2/c19-13-6-12(18(23,24)25)7-14(20)17(13)27-9-11(8-26-27)16(22)15(21)10-4-2-1-3-5-10/h1-9H. The molecule has 27 heavy (non-hydrogen) atoms. The minimum atomic E-state index is -4.56. The Kier molecular flexibility index (Phi) is 5.77. The lowest BCUT2D eigenvalue weighted by Gasteiger charge is -2.12. The summed E-state index contributed by atoms with van der Waals surface area (Å²) in [5, 5.41) is 4.23. The molecule has 0 atom stereocenters. The molecule has 1 heterocycles. The van der Waals surface area contributed by atoms with Crippen molar-refractivity contribution in [2.75, 3.05) is 0 Å². The van der Waals surface area contributed by atoms with Gasteiger partial charge in [0, 0.05) is 11.8 Å². The maximum Gasteiger partial charge on any atom is 0.416 e. The molecule has 2 aromatic carbocycles. The fourth-order valence-electron chi connectivity index (χ4n) is 2.34. The highest BCUT2D eigenvalue weighted by Crippen LogP contribution is 2.38. The Morgan fingerprint density at radius 1 is 0.889 bits per heavy atom. The van der Waals surface area contributed by atoms with E-state index >= 15 is 0 Å². The zero-order valence-electron chi connectivity index (χ0n) is 13.2. The molecule has 1 aromatic heterocycles. The summed E-state index contributed by atoms with van der Waals surface area (Å²) in [5.41, 5.74) is 0.330. The van der Waals surface area contributed by atoms with Crippen molar-refractivity contribution >= 4 is 56.5 Å². The molecular weight excluding hydrogens is 443 g/mol. The number of nitrogens with zero attached hydrogens (tertiary/aromatic N) is 2. The first kappa shape index (κ1) is 20.1. The first-order chi connectivity index (χ1) is 12.7. The second-order valence-corrected chi connectivity index (χ2v) is 7.02. The van der Waals surface area contributed by atoms with E-state index in [0.717, 1.165) is 12.1 Å². The molecule has 0 spiro atoms. The summed E-state index contributed by atoms with van der Waals surface area (Å²) >= 11 is 24.7. The van der Waals surface area contributed by atoms with E-state index in [2.05, 4.69) is 5.10 Å². The van der Waals surface area contributed by atoms with Crippen LogP contribution in [0.2, 0.25) is 10.0 Å². The van der Waals surface area contributed by atoms with E-state index in [1.807, 2.05) is 18.2 Å². The summed E-state index contributed by atoms with van der Waals surface area (Å²) < 4.78 is 39.8.